The van der Waals surface area contributed by atoms with Gasteiger partial charge in [0.05, 0.1) is 10.7 Å². The van der Waals surface area contributed by atoms with E-state index < -0.39 is 34.3 Å². The Labute approximate surface area is 191 Å². The summed E-state index contributed by atoms with van der Waals surface area (Å²) < 4.78 is 47.5. The molecule has 6 nitrogen and oxygen atoms in total. The summed E-state index contributed by atoms with van der Waals surface area (Å²) in [6.07, 6.45) is 2.71. The van der Waals surface area contributed by atoms with E-state index in [1.54, 1.807) is 4.90 Å². The zero-order valence-electron chi connectivity index (χ0n) is 16.8. The topological polar surface area (TPSA) is 65.3 Å². The average Bonchev–Trinajstić information content (AvgIpc) is 2.80. The van der Waals surface area contributed by atoms with Crippen LogP contribution in [0.25, 0.3) is 5.57 Å². The van der Waals surface area contributed by atoms with Gasteiger partial charge in [-0.05, 0) is 17.3 Å². The number of allylic oxidation sites excluding steroid dienone is 4. The number of benzene rings is 1. The molecule has 0 radical (unpaired) electrons. The van der Waals surface area contributed by atoms with Crippen LogP contribution < -0.4 is 0 Å². The Morgan fingerprint density at radius 2 is 1.81 bits per heavy atom. The summed E-state index contributed by atoms with van der Waals surface area (Å²) in [5.74, 6) is -3.77. The number of nitrogens with zero attached hydrogens (tertiary/aromatic N) is 4. The first kappa shape index (κ1) is 23.8. The minimum Gasteiger partial charge on any atom is -0.362 e. The number of hydrogen-bond donors (Lipinski definition) is 0. The molecule has 1 fully saturated rings. The molecule has 1 aliphatic heterocycles. The molecule has 0 unspecified atom stereocenters. The Balaban J connectivity index is 1.80. The largest absolute Gasteiger partial charge is 0.362 e. The van der Waals surface area contributed by atoms with E-state index in [2.05, 4.69) is 22.7 Å². The molecule has 1 amide bonds. The number of halogens is 4. The summed E-state index contributed by atoms with van der Waals surface area (Å²) in [7, 11) is 0. The maximum atomic E-state index is 15.2. The highest BCUT2D eigenvalue weighted by molar-refractivity contribution is 8.01. The lowest BCUT2D eigenvalue weighted by molar-refractivity contribution is -0.127. The Bertz CT molecular complexity index is 1080. The number of carbonyl (C=O) groups excluding carboxylic acids is 1. The molecule has 0 spiro atoms. The minimum atomic E-state index is -1.35. The van der Waals surface area contributed by atoms with Crippen molar-refractivity contribution in [1.29, 1.82) is 0 Å². The molecular weight excluding hydrogens is 465 g/mol. The smallest absolute Gasteiger partial charge is 0.246 e. The van der Waals surface area contributed by atoms with E-state index in [-0.39, 0.29) is 23.1 Å². The Morgan fingerprint density at radius 1 is 1.16 bits per heavy atom. The van der Waals surface area contributed by atoms with Crippen molar-refractivity contribution in [1.82, 2.24) is 9.80 Å². The second kappa shape index (κ2) is 10.2. The number of hydrogen-bond acceptors (Lipinski definition) is 6. The summed E-state index contributed by atoms with van der Waals surface area (Å²) in [4.78, 5) is 26.0. The van der Waals surface area contributed by atoms with Crippen molar-refractivity contribution in [3.63, 3.8) is 0 Å². The zero-order chi connectivity index (χ0) is 23.4. The van der Waals surface area contributed by atoms with Crippen molar-refractivity contribution in [3.05, 3.63) is 75.4 Å². The maximum Gasteiger partial charge on any atom is 0.246 e. The Kier molecular flexibility index (Phi) is 7.57. The summed E-state index contributed by atoms with van der Waals surface area (Å²) in [6, 6.07) is 1.54. The van der Waals surface area contributed by atoms with Crippen LogP contribution in [0.4, 0.5) is 18.9 Å². The lowest BCUT2D eigenvalue weighted by atomic mass is 9.96. The van der Waals surface area contributed by atoms with Crippen LogP contribution in [0.1, 0.15) is 12.0 Å². The van der Waals surface area contributed by atoms with E-state index in [0.29, 0.717) is 37.3 Å². The Hall–Kier alpha value is -2.85. The SMILES string of the molecule is C=CC(=O)N1CCN(C(=C)SN=C2CC=C(Cl)C(c3cc(N=O)cc(F)c3F)=C2F)CC1. The molecule has 11 heteroatoms. The van der Waals surface area contributed by atoms with Gasteiger partial charge in [0.1, 0.15) is 5.69 Å². The number of nitroso groups, excluding NO2 is 1. The third-order valence-electron chi connectivity index (χ3n) is 4.95. The maximum absolute atomic E-state index is 15.2. The van der Waals surface area contributed by atoms with Crippen LogP contribution in [0, 0.1) is 16.5 Å². The molecule has 2 aliphatic rings. The highest BCUT2D eigenvalue weighted by atomic mass is 35.5. The van der Waals surface area contributed by atoms with Crippen molar-refractivity contribution in [2.24, 2.45) is 9.57 Å². The molecule has 0 atom stereocenters. The lowest BCUT2D eigenvalue weighted by Gasteiger charge is -2.35. The van der Waals surface area contributed by atoms with Gasteiger partial charge in [-0.3, -0.25) is 4.79 Å². The molecule has 1 saturated heterocycles. The first-order valence-corrected chi connectivity index (χ1v) is 10.6. The number of amides is 1. The molecule has 3 rings (SSSR count). The van der Waals surface area contributed by atoms with E-state index in [4.69, 9.17) is 11.6 Å². The molecule has 168 valence electrons. The summed E-state index contributed by atoms with van der Waals surface area (Å²) in [5, 5.41) is 3.00. The van der Waals surface area contributed by atoms with Crippen molar-refractivity contribution in [2.75, 3.05) is 26.2 Å². The number of carbonyl (C=O) groups is 1. The molecule has 1 heterocycles. The van der Waals surface area contributed by atoms with Crippen molar-refractivity contribution < 1.29 is 18.0 Å². The fourth-order valence-corrected chi connectivity index (χ4v) is 4.16. The predicted molar refractivity (Wildman–Crippen MR) is 121 cm³/mol. The highest BCUT2D eigenvalue weighted by Gasteiger charge is 2.27. The molecule has 0 aromatic heterocycles. The molecule has 1 aromatic carbocycles. The van der Waals surface area contributed by atoms with Crippen molar-refractivity contribution >= 4 is 46.4 Å². The average molecular weight is 483 g/mol. The minimum absolute atomic E-state index is 0.0335. The molecule has 1 aromatic rings. The standard InChI is InChI=1S/C21H18ClF3N4O2S/c1-3-18(30)29-8-6-28(7-9-29)12(2)32-27-17-5-4-15(22)19(21(17)25)14-10-13(26-31)11-16(23)20(14)24/h3-4,10-11H,1-2,5-9H2. The molecule has 0 bridgehead atoms. The Morgan fingerprint density at radius 3 is 2.44 bits per heavy atom. The second-order valence-corrected chi connectivity index (χ2v) is 8.11. The van der Waals surface area contributed by atoms with Crippen LogP contribution in [-0.4, -0.2) is 47.6 Å². The van der Waals surface area contributed by atoms with Gasteiger partial charge in [0, 0.05) is 66.8 Å². The fraction of sp³-hybridized carbons (Fsp3) is 0.238. The second-order valence-electron chi connectivity index (χ2n) is 6.87. The number of piperazine rings is 1. The molecule has 0 saturated carbocycles. The third kappa shape index (κ3) is 4.97. The van der Waals surface area contributed by atoms with E-state index in [1.165, 1.54) is 12.2 Å². The van der Waals surface area contributed by atoms with Crippen LogP contribution in [0.15, 0.2) is 62.9 Å². The van der Waals surface area contributed by atoms with Crippen LogP contribution in [0.2, 0.25) is 0 Å². The molecular formula is C21H18ClF3N4O2S. The molecule has 1 aliphatic carbocycles. The molecule has 32 heavy (non-hydrogen) atoms. The summed E-state index contributed by atoms with van der Waals surface area (Å²) >= 11 is 7.01. The van der Waals surface area contributed by atoms with Gasteiger partial charge in [0.25, 0.3) is 0 Å². The first-order valence-electron chi connectivity index (χ1n) is 9.44. The van der Waals surface area contributed by atoms with Gasteiger partial charge >= 0.3 is 0 Å². The highest BCUT2D eigenvalue weighted by Crippen LogP contribution is 2.39. The van der Waals surface area contributed by atoms with Crippen LogP contribution >= 0.6 is 23.5 Å². The van der Waals surface area contributed by atoms with E-state index in [9.17, 15) is 18.5 Å². The van der Waals surface area contributed by atoms with Gasteiger partial charge in [0.2, 0.25) is 5.91 Å². The van der Waals surface area contributed by atoms with Crippen LogP contribution in [0.5, 0.6) is 0 Å². The van der Waals surface area contributed by atoms with Gasteiger partial charge in [-0.1, -0.05) is 30.8 Å². The summed E-state index contributed by atoms with van der Waals surface area (Å²) in [5.41, 5.74) is -1.36. The van der Waals surface area contributed by atoms with Gasteiger partial charge in [-0.15, -0.1) is 4.91 Å². The van der Waals surface area contributed by atoms with Crippen LogP contribution in [0.3, 0.4) is 0 Å². The predicted octanol–water partition coefficient (Wildman–Crippen LogP) is 5.46. The van der Waals surface area contributed by atoms with Gasteiger partial charge < -0.3 is 9.80 Å². The zero-order valence-corrected chi connectivity index (χ0v) is 18.4. The normalized spacial score (nSPS) is 18.0. The lowest BCUT2D eigenvalue weighted by Crippen LogP contribution is -2.47. The first-order chi connectivity index (χ1) is 15.3. The monoisotopic (exact) mass is 482 g/mol. The third-order valence-corrected chi connectivity index (χ3v) is 6.08. The van der Waals surface area contributed by atoms with Crippen molar-refractivity contribution in [3.8, 4) is 0 Å². The van der Waals surface area contributed by atoms with Gasteiger partial charge in [-0.2, -0.15) is 0 Å². The summed E-state index contributed by atoms with van der Waals surface area (Å²) in [6.45, 7) is 9.45. The van der Waals surface area contributed by atoms with Crippen molar-refractivity contribution in [2.45, 2.75) is 6.42 Å². The molecule has 0 N–H and O–H groups in total. The van der Waals surface area contributed by atoms with Crippen LogP contribution in [-0.2, 0) is 4.79 Å². The van der Waals surface area contributed by atoms with E-state index in [0.717, 1.165) is 18.0 Å². The van der Waals surface area contributed by atoms with Gasteiger partial charge in [0.15, 0.2) is 17.5 Å². The van der Waals surface area contributed by atoms with Gasteiger partial charge in [-0.25, -0.2) is 17.6 Å². The van der Waals surface area contributed by atoms with E-state index >= 15 is 4.39 Å². The quantitative estimate of drug-likeness (QED) is 0.307. The number of rotatable bonds is 6. The van der Waals surface area contributed by atoms with E-state index in [1.807, 2.05) is 4.90 Å². The fourth-order valence-electron chi connectivity index (χ4n) is 3.23.